The number of pyridine rings is 1. The van der Waals surface area contributed by atoms with Crippen LogP contribution in [-0.2, 0) is 11.2 Å². The van der Waals surface area contributed by atoms with Gasteiger partial charge in [0.05, 0.1) is 7.11 Å². The lowest BCUT2D eigenvalue weighted by Crippen LogP contribution is -2.49. The monoisotopic (exact) mass is 384 g/mol. The number of aryl methyl sites for hydroxylation is 1. The summed E-state index contributed by atoms with van der Waals surface area (Å²) in [4.78, 5) is 22.8. The minimum absolute atomic E-state index is 0.181. The van der Waals surface area contributed by atoms with Gasteiger partial charge in [0.15, 0.2) is 0 Å². The van der Waals surface area contributed by atoms with E-state index in [9.17, 15) is 9.18 Å². The van der Waals surface area contributed by atoms with Gasteiger partial charge in [-0.15, -0.1) is 0 Å². The van der Waals surface area contributed by atoms with E-state index in [-0.39, 0.29) is 5.91 Å². The summed E-state index contributed by atoms with van der Waals surface area (Å²) in [5, 5.41) is 0. The molecule has 0 spiro atoms. The van der Waals surface area contributed by atoms with E-state index in [1.54, 1.807) is 13.2 Å². The van der Waals surface area contributed by atoms with E-state index in [4.69, 9.17) is 4.74 Å². The predicted octanol–water partition coefficient (Wildman–Crippen LogP) is 2.33. The van der Waals surface area contributed by atoms with E-state index < -0.39 is 5.95 Å². The summed E-state index contributed by atoms with van der Waals surface area (Å²) in [6.45, 7) is 4.85. The average Bonchev–Trinajstić information content (AvgIpc) is 2.73. The van der Waals surface area contributed by atoms with Crippen molar-refractivity contribution in [2.75, 3.05) is 56.2 Å². The Morgan fingerprint density at radius 1 is 1.07 bits per heavy atom. The standard InChI is InChI=1S/C21H25FN4O2/c1-28-17-6-7-18-16(15-17)5-8-21(27)26(18)14-11-24-9-12-25(13-10-24)20-4-2-3-19(22)23-20/h2-4,6-7,15H,5,8-14H2,1H3. The zero-order valence-corrected chi connectivity index (χ0v) is 16.1. The Kier molecular flexibility index (Phi) is 5.43. The maximum absolute atomic E-state index is 13.3. The molecule has 1 saturated heterocycles. The minimum atomic E-state index is -0.446. The summed E-state index contributed by atoms with van der Waals surface area (Å²) in [5.41, 5.74) is 2.17. The Balaban J connectivity index is 1.35. The molecule has 1 aromatic carbocycles. The van der Waals surface area contributed by atoms with E-state index in [2.05, 4.69) is 14.8 Å². The van der Waals surface area contributed by atoms with Gasteiger partial charge in [-0.25, -0.2) is 4.98 Å². The first kappa shape index (κ1) is 18.7. The number of carbonyl (C=O) groups excluding carboxylic acids is 1. The van der Waals surface area contributed by atoms with Crippen molar-refractivity contribution in [3.05, 3.63) is 47.9 Å². The molecule has 28 heavy (non-hydrogen) atoms. The third-order valence-corrected chi connectivity index (χ3v) is 5.52. The van der Waals surface area contributed by atoms with Gasteiger partial charge >= 0.3 is 0 Å². The van der Waals surface area contributed by atoms with Crippen LogP contribution in [0.15, 0.2) is 36.4 Å². The van der Waals surface area contributed by atoms with Crippen molar-refractivity contribution in [2.24, 2.45) is 0 Å². The number of rotatable bonds is 5. The largest absolute Gasteiger partial charge is 0.497 e. The minimum Gasteiger partial charge on any atom is -0.497 e. The molecule has 0 saturated carbocycles. The molecule has 0 atom stereocenters. The zero-order valence-electron chi connectivity index (χ0n) is 16.1. The van der Waals surface area contributed by atoms with Crippen LogP contribution in [0.4, 0.5) is 15.9 Å². The van der Waals surface area contributed by atoms with Crippen LogP contribution in [0, 0.1) is 5.95 Å². The van der Waals surface area contributed by atoms with E-state index in [0.29, 0.717) is 18.8 Å². The second kappa shape index (κ2) is 8.14. The van der Waals surface area contributed by atoms with Gasteiger partial charge in [-0.2, -0.15) is 4.39 Å². The molecule has 0 radical (unpaired) electrons. The lowest BCUT2D eigenvalue weighted by atomic mass is 10.0. The number of carbonyl (C=O) groups is 1. The average molecular weight is 384 g/mol. The van der Waals surface area contributed by atoms with Crippen LogP contribution < -0.4 is 14.5 Å². The van der Waals surface area contributed by atoms with Crippen LogP contribution in [0.5, 0.6) is 5.75 Å². The van der Waals surface area contributed by atoms with Crippen LogP contribution in [-0.4, -0.2) is 62.2 Å². The summed E-state index contributed by atoms with van der Waals surface area (Å²) < 4.78 is 18.6. The number of fused-ring (bicyclic) bond motifs is 1. The Labute approximate surface area is 164 Å². The Morgan fingerprint density at radius 2 is 1.89 bits per heavy atom. The zero-order chi connectivity index (χ0) is 19.5. The van der Waals surface area contributed by atoms with E-state index in [0.717, 1.165) is 50.6 Å². The topological polar surface area (TPSA) is 48.9 Å². The number of hydrogen-bond donors (Lipinski definition) is 0. The van der Waals surface area contributed by atoms with E-state index in [1.807, 2.05) is 29.2 Å². The SMILES string of the molecule is COc1ccc2c(c1)CCC(=O)N2CCN1CCN(c2cccc(F)n2)CC1. The normalized spacial score (nSPS) is 17.6. The number of ether oxygens (including phenoxy) is 1. The molecule has 7 heteroatoms. The molecule has 0 aliphatic carbocycles. The maximum Gasteiger partial charge on any atom is 0.227 e. The number of hydrogen-bond acceptors (Lipinski definition) is 5. The maximum atomic E-state index is 13.3. The molecule has 2 aromatic rings. The Hall–Kier alpha value is -2.67. The molecule has 4 rings (SSSR count). The summed E-state index contributed by atoms with van der Waals surface area (Å²) in [6, 6.07) is 10.8. The Bertz CT molecular complexity index is 852. The van der Waals surface area contributed by atoms with Gasteiger partial charge in [0.25, 0.3) is 0 Å². The smallest absolute Gasteiger partial charge is 0.227 e. The number of halogens is 1. The second-order valence-corrected chi connectivity index (χ2v) is 7.19. The number of benzene rings is 1. The van der Waals surface area contributed by atoms with Gasteiger partial charge < -0.3 is 14.5 Å². The van der Waals surface area contributed by atoms with Crippen molar-refractivity contribution in [1.29, 1.82) is 0 Å². The lowest BCUT2D eigenvalue weighted by Gasteiger charge is -2.37. The molecule has 1 amide bonds. The van der Waals surface area contributed by atoms with Crippen LogP contribution in [0.2, 0.25) is 0 Å². The lowest BCUT2D eigenvalue weighted by molar-refractivity contribution is -0.118. The third-order valence-electron chi connectivity index (χ3n) is 5.52. The molecule has 0 unspecified atom stereocenters. The third kappa shape index (κ3) is 3.94. The number of aromatic nitrogens is 1. The first-order chi connectivity index (χ1) is 13.6. The fourth-order valence-electron chi connectivity index (χ4n) is 3.92. The fourth-order valence-corrected chi connectivity index (χ4v) is 3.92. The molecular weight excluding hydrogens is 359 g/mol. The summed E-state index contributed by atoms with van der Waals surface area (Å²) in [7, 11) is 1.66. The van der Waals surface area contributed by atoms with Gasteiger partial charge in [-0.3, -0.25) is 9.69 Å². The molecular formula is C21H25FN4O2. The Morgan fingerprint density at radius 3 is 2.64 bits per heavy atom. The number of nitrogens with zero attached hydrogens (tertiary/aromatic N) is 4. The summed E-state index contributed by atoms with van der Waals surface area (Å²) in [6.07, 6.45) is 1.31. The van der Waals surface area contributed by atoms with E-state index >= 15 is 0 Å². The highest BCUT2D eigenvalue weighted by molar-refractivity contribution is 5.96. The van der Waals surface area contributed by atoms with Gasteiger partial charge in [-0.05, 0) is 42.3 Å². The quantitative estimate of drug-likeness (QED) is 0.741. The first-order valence-corrected chi connectivity index (χ1v) is 9.71. The van der Waals surface area contributed by atoms with Gasteiger partial charge in [0.2, 0.25) is 11.9 Å². The fraction of sp³-hybridized carbons (Fsp3) is 0.429. The van der Waals surface area contributed by atoms with Crippen molar-refractivity contribution in [3.63, 3.8) is 0 Å². The number of methoxy groups -OCH3 is 1. The highest BCUT2D eigenvalue weighted by atomic mass is 19.1. The van der Waals surface area contributed by atoms with Crippen molar-refractivity contribution in [1.82, 2.24) is 9.88 Å². The van der Waals surface area contributed by atoms with Gasteiger partial charge in [0.1, 0.15) is 11.6 Å². The van der Waals surface area contributed by atoms with Crippen LogP contribution in [0.25, 0.3) is 0 Å². The second-order valence-electron chi connectivity index (χ2n) is 7.19. The van der Waals surface area contributed by atoms with Gasteiger partial charge in [0, 0.05) is 51.4 Å². The summed E-state index contributed by atoms with van der Waals surface area (Å²) in [5.74, 6) is 1.25. The van der Waals surface area contributed by atoms with Crippen molar-refractivity contribution in [3.8, 4) is 5.75 Å². The molecule has 1 fully saturated rings. The first-order valence-electron chi connectivity index (χ1n) is 9.71. The molecule has 2 aliphatic heterocycles. The van der Waals surface area contributed by atoms with E-state index in [1.165, 1.54) is 11.6 Å². The predicted molar refractivity (Wildman–Crippen MR) is 107 cm³/mol. The number of piperazine rings is 1. The van der Waals surface area contributed by atoms with Crippen molar-refractivity contribution in [2.45, 2.75) is 12.8 Å². The van der Waals surface area contributed by atoms with Crippen LogP contribution >= 0.6 is 0 Å². The number of amides is 1. The molecule has 0 N–H and O–H groups in total. The van der Waals surface area contributed by atoms with Crippen LogP contribution in [0.1, 0.15) is 12.0 Å². The van der Waals surface area contributed by atoms with Gasteiger partial charge in [-0.1, -0.05) is 6.07 Å². The van der Waals surface area contributed by atoms with Crippen molar-refractivity contribution >= 4 is 17.4 Å². The molecule has 148 valence electrons. The molecule has 6 nitrogen and oxygen atoms in total. The molecule has 0 bridgehead atoms. The number of anilines is 2. The van der Waals surface area contributed by atoms with Crippen molar-refractivity contribution < 1.29 is 13.9 Å². The summed E-state index contributed by atoms with van der Waals surface area (Å²) >= 11 is 0. The van der Waals surface area contributed by atoms with Crippen LogP contribution in [0.3, 0.4) is 0 Å². The highest BCUT2D eigenvalue weighted by Crippen LogP contribution is 2.31. The highest BCUT2D eigenvalue weighted by Gasteiger charge is 2.26. The molecule has 1 aromatic heterocycles. The molecule has 3 heterocycles. The molecule has 2 aliphatic rings.